The summed E-state index contributed by atoms with van der Waals surface area (Å²) < 4.78 is 5.32. The molecular weight excluding hydrogens is 220 g/mol. The fourth-order valence-electron chi connectivity index (χ4n) is 1.43. The highest BCUT2D eigenvalue weighted by Gasteiger charge is 2.16. The van der Waals surface area contributed by atoms with Gasteiger partial charge in [0.15, 0.2) is 6.10 Å². The largest absolute Gasteiger partial charge is 0.479 e. The molecule has 0 radical (unpaired) electrons. The monoisotopic (exact) mass is 236 g/mol. The van der Waals surface area contributed by atoms with Crippen LogP contribution in [0.1, 0.15) is 25.3 Å². The third kappa shape index (κ3) is 4.26. The number of benzene rings is 1. The van der Waals surface area contributed by atoms with Crippen molar-refractivity contribution in [2.45, 2.75) is 32.3 Å². The van der Waals surface area contributed by atoms with Crippen LogP contribution in [-0.4, -0.2) is 23.5 Å². The van der Waals surface area contributed by atoms with Crippen molar-refractivity contribution < 1.29 is 19.4 Å². The SMILES string of the molecule is CCC(Oc1ccc(CCC=O)cc1)C(=O)O. The molecule has 0 aliphatic heterocycles. The van der Waals surface area contributed by atoms with Crippen molar-refractivity contribution in [2.75, 3.05) is 0 Å². The third-order valence-corrected chi connectivity index (χ3v) is 2.40. The molecule has 0 aliphatic rings. The zero-order chi connectivity index (χ0) is 12.7. The number of aldehydes is 1. The molecule has 0 bridgehead atoms. The molecule has 92 valence electrons. The Morgan fingerprint density at radius 2 is 2.06 bits per heavy atom. The van der Waals surface area contributed by atoms with Gasteiger partial charge in [-0.3, -0.25) is 0 Å². The second-order valence-corrected chi connectivity index (χ2v) is 3.70. The normalized spacial score (nSPS) is 11.8. The van der Waals surface area contributed by atoms with Crippen molar-refractivity contribution in [1.82, 2.24) is 0 Å². The number of ether oxygens (including phenoxy) is 1. The van der Waals surface area contributed by atoms with Gasteiger partial charge in [-0.15, -0.1) is 0 Å². The van der Waals surface area contributed by atoms with Crippen LogP contribution < -0.4 is 4.74 Å². The molecule has 0 heterocycles. The first kappa shape index (κ1) is 13.2. The quantitative estimate of drug-likeness (QED) is 0.736. The van der Waals surface area contributed by atoms with Crippen molar-refractivity contribution in [3.05, 3.63) is 29.8 Å². The number of hydrogen-bond acceptors (Lipinski definition) is 3. The highest BCUT2D eigenvalue weighted by atomic mass is 16.5. The second-order valence-electron chi connectivity index (χ2n) is 3.70. The van der Waals surface area contributed by atoms with Gasteiger partial charge in [0, 0.05) is 6.42 Å². The number of aliphatic carboxylic acids is 1. The molecule has 1 rings (SSSR count). The van der Waals surface area contributed by atoms with E-state index in [1.54, 1.807) is 19.1 Å². The summed E-state index contributed by atoms with van der Waals surface area (Å²) in [7, 11) is 0. The lowest BCUT2D eigenvalue weighted by atomic mass is 10.1. The molecule has 1 aromatic carbocycles. The minimum Gasteiger partial charge on any atom is -0.479 e. The van der Waals surface area contributed by atoms with Crippen molar-refractivity contribution in [1.29, 1.82) is 0 Å². The lowest BCUT2D eigenvalue weighted by Gasteiger charge is -2.13. The molecule has 0 amide bonds. The van der Waals surface area contributed by atoms with Crippen molar-refractivity contribution in [3.63, 3.8) is 0 Å². The van der Waals surface area contributed by atoms with Gasteiger partial charge in [0.2, 0.25) is 0 Å². The summed E-state index contributed by atoms with van der Waals surface area (Å²) in [5.41, 5.74) is 1.04. The summed E-state index contributed by atoms with van der Waals surface area (Å²) in [4.78, 5) is 21.0. The van der Waals surface area contributed by atoms with E-state index in [0.29, 0.717) is 25.0 Å². The van der Waals surface area contributed by atoms with Crippen LogP contribution in [0.2, 0.25) is 0 Å². The van der Waals surface area contributed by atoms with E-state index in [1.807, 2.05) is 12.1 Å². The van der Waals surface area contributed by atoms with E-state index in [9.17, 15) is 9.59 Å². The molecular formula is C13H16O4. The molecule has 1 aromatic rings. The Labute approximate surface area is 100 Å². The van der Waals surface area contributed by atoms with Gasteiger partial charge in [-0.1, -0.05) is 19.1 Å². The highest BCUT2D eigenvalue weighted by Crippen LogP contribution is 2.15. The second kappa shape index (κ2) is 6.68. The Morgan fingerprint density at radius 1 is 1.41 bits per heavy atom. The summed E-state index contributed by atoms with van der Waals surface area (Å²) in [5, 5.41) is 8.84. The maximum atomic E-state index is 10.8. The van der Waals surface area contributed by atoms with E-state index < -0.39 is 12.1 Å². The number of rotatable bonds is 7. The van der Waals surface area contributed by atoms with Gasteiger partial charge < -0.3 is 14.6 Å². The Hall–Kier alpha value is -1.84. The molecule has 4 heteroatoms. The van der Waals surface area contributed by atoms with E-state index in [0.717, 1.165) is 11.8 Å². The van der Waals surface area contributed by atoms with E-state index in [1.165, 1.54) is 0 Å². The van der Waals surface area contributed by atoms with Crippen LogP contribution in [0.4, 0.5) is 0 Å². The van der Waals surface area contributed by atoms with Crippen LogP contribution in [0.15, 0.2) is 24.3 Å². The van der Waals surface area contributed by atoms with E-state index in [2.05, 4.69) is 0 Å². The lowest BCUT2D eigenvalue weighted by molar-refractivity contribution is -0.145. The van der Waals surface area contributed by atoms with Gasteiger partial charge in [-0.2, -0.15) is 0 Å². The van der Waals surface area contributed by atoms with Crippen molar-refractivity contribution >= 4 is 12.3 Å². The summed E-state index contributed by atoms with van der Waals surface area (Å²) in [6.07, 6.45) is 1.67. The first-order valence-corrected chi connectivity index (χ1v) is 5.59. The fraction of sp³-hybridized carbons (Fsp3) is 0.385. The van der Waals surface area contributed by atoms with Gasteiger partial charge in [0.05, 0.1) is 0 Å². The molecule has 0 spiro atoms. The van der Waals surface area contributed by atoms with Gasteiger partial charge in [0.25, 0.3) is 0 Å². The van der Waals surface area contributed by atoms with E-state index in [4.69, 9.17) is 9.84 Å². The number of carboxylic acid groups (broad SMARTS) is 1. The molecule has 1 N–H and O–H groups in total. The van der Waals surface area contributed by atoms with E-state index >= 15 is 0 Å². The topological polar surface area (TPSA) is 63.6 Å². The van der Waals surface area contributed by atoms with Crippen LogP contribution >= 0.6 is 0 Å². The first-order chi connectivity index (χ1) is 8.17. The van der Waals surface area contributed by atoms with Gasteiger partial charge >= 0.3 is 5.97 Å². The smallest absolute Gasteiger partial charge is 0.344 e. The number of carbonyl (C=O) groups excluding carboxylic acids is 1. The highest BCUT2D eigenvalue weighted by molar-refractivity contribution is 5.72. The number of hydrogen-bond donors (Lipinski definition) is 1. The van der Waals surface area contributed by atoms with Crippen LogP contribution in [-0.2, 0) is 16.0 Å². The molecule has 0 fully saturated rings. The molecule has 0 saturated heterocycles. The first-order valence-electron chi connectivity index (χ1n) is 5.59. The lowest BCUT2D eigenvalue weighted by Crippen LogP contribution is -2.25. The predicted molar refractivity (Wildman–Crippen MR) is 63.2 cm³/mol. The Balaban J connectivity index is 2.61. The summed E-state index contributed by atoms with van der Waals surface area (Å²) in [5.74, 6) is -0.424. The number of aryl methyl sites for hydroxylation is 1. The molecule has 0 saturated carbocycles. The number of carboxylic acids is 1. The molecule has 0 aromatic heterocycles. The van der Waals surface area contributed by atoms with Crippen molar-refractivity contribution in [2.24, 2.45) is 0 Å². The minimum atomic E-state index is -0.961. The predicted octanol–water partition coefficient (Wildman–Crippen LogP) is 2.06. The molecule has 1 atom stereocenters. The van der Waals surface area contributed by atoms with Gasteiger partial charge in [0.1, 0.15) is 12.0 Å². The maximum Gasteiger partial charge on any atom is 0.344 e. The van der Waals surface area contributed by atoms with Crippen LogP contribution in [0, 0.1) is 0 Å². The van der Waals surface area contributed by atoms with E-state index in [-0.39, 0.29) is 0 Å². The van der Waals surface area contributed by atoms with Crippen LogP contribution in [0.25, 0.3) is 0 Å². The fourth-order valence-corrected chi connectivity index (χ4v) is 1.43. The average molecular weight is 236 g/mol. The molecule has 0 aliphatic carbocycles. The zero-order valence-corrected chi connectivity index (χ0v) is 9.76. The molecule has 4 nitrogen and oxygen atoms in total. The van der Waals surface area contributed by atoms with Gasteiger partial charge in [-0.05, 0) is 30.5 Å². The zero-order valence-electron chi connectivity index (χ0n) is 9.76. The molecule has 17 heavy (non-hydrogen) atoms. The van der Waals surface area contributed by atoms with Crippen LogP contribution in [0.3, 0.4) is 0 Å². The minimum absolute atomic E-state index is 0.419. The third-order valence-electron chi connectivity index (χ3n) is 2.40. The number of carbonyl (C=O) groups is 2. The molecule has 1 unspecified atom stereocenters. The Bertz CT molecular complexity index is 370. The summed E-state index contributed by atoms with van der Waals surface area (Å²) >= 11 is 0. The summed E-state index contributed by atoms with van der Waals surface area (Å²) in [6.45, 7) is 1.76. The Kier molecular flexibility index (Phi) is 5.20. The van der Waals surface area contributed by atoms with Crippen molar-refractivity contribution in [3.8, 4) is 5.75 Å². The maximum absolute atomic E-state index is 10.8. The van der Waals surface area contributed by atoms with Gasteiger partial charge in [-0.25, -0.2) is 4.79 Å². The summed E-state index contributed by atoms with van der Waals surface area (Å²) in [6, 6.07) is 7.14. The standard InChI is InChI=1S/C13H16O4/c1-2-12(13(15)16)17-11-7-5-10(6-8-11)4-3-9-14/h5-9,12H,2-4H2,1H3,(H,15,16). The Morgan fingerprint density at radius 3 is 2.53 bits per heavy atom. The average Bonchev–Trinajstić information content (AvgIpc) is 2.34. The van der Waals surface area contributed by atoms with Crippen LogP contribution in [0.5, 0.6) is 5.75 Å².